The van der Waals surface area contributed by atoms with E-state index in [0.717, 1.165) is 37.9 Å². The summed E-state index contributed by atoms with van der Waals surface area (Å²) < 4.78 is 0. The summed E-state index contributed by atoms with van der Waals surface area (Å²) >= 11 is 0. The smallest absolute Gasteiger partial charge is 0.200 e. The van der Waals surface area contributed by atoms with Gasteiger partial charge >= 0.3 is 0 Å². The van der Waals surface area contributed by atoms with Crippen molar-refractivity contribution in [1.82, 2.24) is 4.90 Å². The van der Waals surface area contributed by atoms with E-state index in [-0.39, 0.29) is 23.0 Å². The highest BCUT2D eigenvalue weighted by Crippen LogP contribution is 2.57. The summed E-state index contributed by atoms with van der Waals surface area (Å²) in [6.07, 6.45) is 8.52. The summed E-state index contributed by atoms with van der Waals surface area (Å²) in [5, 5.41) is 10.4. The third-order valence-electron chi connectivity index (χ3n) is 5.82. The van der Waals surface area contributed by atoms with E-state index in [1.54, 1.807) is 0 Å². The molecule has 4 aliphatic rings. The molecule has 0 aromatic carbocycles. The number of rotatable bonds is 0. The number of nitrogens with zero attached hydrogens (tertiary/aromatic N) is 1. The topological polar surface area (TPSA) is 40.5 Å². The number of carbonyl (C=O) groups is 1. The maximum Gasteiger partial charge on any atom is 0.200 e. The van der Waals surface area contributed by atoms with Crippen LogP contribution in [0.1, 0.15) is 32.6 Å². The van der Waals surface area contributed by atoms with Gasteiger partial charge in [0.05, 0.1) is 5.54 Å². The van der Waals surface area contributed by atoms with Crippen molar-refractivity contribution in [3.8, 4) is 0 Å². The molecule has 2 fully saturated rings. The van der Waals surface area contributed by atoms with Gasteiger partial charge in [-0.05, 0) is 44.1 Å². The van der Waals surface area contributed by atoms with Crippen molar-refractivity contribution >= 4 is 5.78 Å². The number of carbonyl (C=O) groups excluding carboxylic acids is 1. The van der Waals surface area contributed by atoms with Crippen molar-refractivity contribution < 1.29 is 9.90 Å². The van der Waals surface area contributed by atoms with Crippen LogP contribution < -0.4 is 0 Å². The van der Waals surface area contributed by atoms with Crippen LogP contribution in [-0.2, 0) is 4.79 Å². The zero-order valence-corrected chi connectivity index (χ0v) is 11.4. The molecule has 102 valence electrons. The molecule has 1 saturated heterocycles. The van der Waals surface area contributed by atoms with Gasteiger partial charge in [0.2, 0.25) is 5.78 Å². The number of allylic oxidation sites excluding steroid dienone is 1. The molecule has 3 nitrogen and oxygen atoms in total. The van der Waals surface area contributed by atoms with E-state index >= 15 is 0 Å². The maximum atomic E-state index is 12.5. The highest BCUT2D eigenvalue weighted by atomic mass is 16.3. The summed E-state index contributed by atoms with van der Waals surface area (Å²) in [6, 6.07) is 0. The Bertz CT molecular complexity index is 507. The summed E-state index contributed by atoms with van der Waals surface area (Å²) in [7, 11) is 0. The number of hydrogen-bond donors (Lipinski definition) is 1. The van der Waals surface area contributed by atoms with Gasteiger partial charge in [-0.25, -0.2) is 0 Å². The summed E-state index contributed by atoms with van der Waals surface area (Å²) in [4.78, 5) is 15.0. The molecule has 3 heteroatoms. The Labute approximate surface area is 114 Å². The Morgan fingerprint density at radius 2 is 2.32 bits per heavy atom. The van der Waals surface area contributed by atoms with Crippen molar-refractivity contribution in [2.24, 2.45) is 17.8 Å². The molecule has 0 aromatic heterocycles. The van der Waals surface area contributed by atoms with E-state index in [1.165, 1.54) is 6.42 Å². The molecule has 4 atom stereocenters. The molecule has 2 aliphatic heterocycles. The van der Waals surface area contributed by atoms with Gasteiger partial charge in [0.1, 0.15) is 0 Å². The van der Waals surface area contributed by atoms with Gasteiger partial charge in [0.25, 0.3) is 0 Å². The minimum Gasteiger partial charge on any atom is -0.504 e. The molecule has 2 aliphatic carbocycles. The molecule has 2 heterocycles. The SMILES string of the molecule is C[C@@H]1C[C@H]2C(=O)C(O)=C3C=CCN4CCC[C@H]2[C@]34C1. The standard InChI is InChI=1S/C16H21NO2/c1-10-8-11-12-4-2-6-17-7-3-5-13(15(19)14(11)18)16(12,17)9-10/h3,5,10-12,19H,2,4,6-9H2,1H3/t10-,11-,12-,16-/m1/s1. The average Bonchev–Trinajstić information content (AvgIpc) is 2.40. The van der Waals surface area contributed by atoms with E-state index in [0.29, 0.717) is 11.8 Å². The molecular weight excluding hydrogens is 238 g/mol. The average molecular weight is 259 g/mol. The molecule has 0 amide bonds. The number of Topliss-reactive ketones (excluding diaryl/α,β-unsaturated/α-hetero) is 1. The van der Waals surface area contributed by atoms with Crippen LogP contribution in [0.25, 0.3) is 0 Å². The second-order valence-electron chi connectivity index (χ2n) is 6.80. The minimum absolute atomic E-state index is 0.00979. The molecule has 0 aromatic rings. The second kappa shape index (κ2) is 3.72. The zero-order chi connectivity index (χ0) is 13.2. The first-order valence-electron chi connectivity index (χ1n) is 7.54. The van der Waals surface area contributed by atoms with Crippen molar-refractivity contribution in [3.05, 3.63) is 23.5 Å². The van der Waals surface area contributed by atoms with Crippen LogP contribution in [0.3, 0.4) is 0 Å². The Morgan fingerprint density at radius 3 is 3.16 bits per heavy atom. The minimum atomic E-state index is -0.0344. The predicted molar refractivity (Wildman–Crippen MR) is 72.7 cm³/mol. The van der Waals surface area contributed by atoms with Crippen LogP contribution in [-0.4, -0.2) is 34.4 Å². The van der Waals surface area contributed by atoms with E-state index in [2.05, 4.69) is 17.9 Å². The second-order valence-corrected chi connectivity index (χ2v) is 6.80. The van der Waals surface area contributed by atoms with Gasteiger partial charge in [-0.1, -0.05) is 19.1 Å². The van der Waals surface area contributed by atoms with Crippen molar-refractivity contribution in [2.45, 2.75) is 38.1 Å². The normalized spacial score (nSPS) is 45.3. The lowest BCUT2D eigenvalue weighted by Crippen LogP contribution is -2.67. The van der Waals surface area contributed by atoms with E-state index in [4.69, 9.17) is 0 Å². The van der Waals surface area contributed by atoms with Crippen LogP contribution in [0.2, 0.25) is 0 Å². The third-order valence-corrected chi connectivity index (χ3v) is 5.82. The van der Waals surface area contributed by atoms with Gasteiger partial charge in [0, 0.05) is 18.0 Å². The highest BCUT2D eigenvalue weighted by molar-refractivity contribution is 5.98. The first kappa shape index (κ1) is 11.7. The van der Waals surface area contributed by atoms with Gasteiger partial charge in [-0.15, -0.1) is 0 Å². The predicted octanol–water partition coefficient (Wildman–Crippen LogP) is 2.45. The highest BCUT2D eigenvalue weighted by Gasteiger charge is 2.60. The fourth-order valence-electron chi connectivity index (χ4n) is 5.26. The lowest BCUT2D eigenvalue weighted by atomic mass is 9.52. The Kier molecular flexibility index (Phi) is 2.29. The molecule has 1 saturated carbocycles. The van der Waals surface area contributed by atoms with Crippen LogP contribution >= 0.6 is 0 Å². The summed E-state index contributed by atoms with van der Waals surface area (Å²) in [6.45, 7) is 4.34. The first-order chi connectivity index (χ1) is 9.14. The Morgan fingerprint density at radius 1 is 1.47 bits per heavy atom. The third kappa shape index (κ3) is 1.29. The number of hydrogen-bond acceptors (Lipinski definition) is 3. The Hall–Kier alpha value is -1.09. The quantitative estimate of drug-likeness (QED) is 0.726. The lowest BCUT2D eigenvalue weighted by Gasteiger charge is -2.61. The fraction of sp³-hybridized carbons (Fsp3) is 0.688. The van der Waals surface area contributed by atoms with Crippen LogP contribution in [0.15, 0.2) is 23.5 Å². The molecule has 0 unspecified atom stereocenters. The molecule has 2 bridgehead atoms. The maximum absolute atomic E-state index is 12.5. The number of piperidine rings is 1. The molecular formula is C16H21NO2. The van der Waals surface area contributed by atoms with Crippen LogP contribution in [0.5, 0.6) is 0 Å². The number of aliphatic hydroxyl groups excluding tert-OH is 1. The van der Waals surface area contributed by atoms with Gasteiger partial charge in [0.15, 0.2) is 5.76 Å². The van der Waals surface area contributed by atoms with Gasteiger partial charge in [-0.3, -0.25) is 9.69 Å². The van der Waals surface area contributed by atoms with E-state index in [1.807, 2.05) is 6.08 Å². The Balaban J connectivity index is 1.98. The summed E-state index contributed by atoms with van der Waals surface area (Å²) in [5.74, 6) is 1.13. The first-order valence-corrected chi connectivity index (χ1v) is 7.54. The molecule has 4 rings (SSSR count). The van der Waals surface area contributed by atoms with Crippen LogP contribution in [0.4, 0.5) is 0 Å². The van der Waals surface area contributed by atoms with Crippen LogP contribution in [0, 0.1) is 17.8 Å². The molecule has 1 spiro atoms. The monoisotopic (exact) mass is 259 g/mol. The zero-order valence-electron chi connectivity index (χ0n) is 11.4. The van der Waals surface area contributed by atoms with Crippen molar-refractivity contribution in [3.63, 3.8) is 0 Å². The van der Waals surface area contributed by atoms with Gasteiger partial charge < -0.3 is 5.11 Å². The molecule has 19 heavy (non-hydrogen) atoms. The molecule has 0 radical (unpaired) electrons. The van der Waals surface area contributed by atoms with Crippen molar-refractivity contribution in [2.75, 3.05) is 13.1 Å². The largest absolute Gasteiger partial charge is 0.504 e. The lowest BCUT2D eigenvalue weighted by molar-refractivity contribution is -0.136. The summed E-state index contributed by atoms with van der Waals surface area (Å²) in [5.41, 5.74) is 0.893. The molecule has 1 N–H and O–H groups in total. The number of ketones is 1. The van der Waals surface area contributed by atoms with E-state index in [9.17, 15) is 9.90 Å². The van der Waals surface area contributed by atoms with E-state index < -0.39 is 0 Å². The fourth-order valence-corrected chi connectivity index (χ4v) is 5.26. The number of aliphatic hydroxyl groups is 1. The van der Waals surface area contributed by atoms with Crippen molar-refractivity contribution in [1.29, 1.82) is 0 Å². The van der Waals surface area contributed by atoms with Gasteiger partial charge in [-0.2, -0.15) is 0 Å².